The highest BCUT2D eigenvalue weighted by Gasteiger charge is 2.19. The number of rotatable bonds is 5. The summed E-state index contributed by atoms with van der Waals surface area (Å²) in [6.07, 6.45) is 1.90. The van der Waals surface area contributed by atoms with Crippen LogP contribution in [-0.2, 0) is 0 Å². The lowest BCUT2D eigenvalue weighted by Crippen LogP contribution is -1.96. The van der Waals surface area contributed by atoms with Crippen molar-refractivity contribution in [3.05, 3.63) is 188 Å². The fourth-order valence-electron chi connectivity index (χ4n) is 7.67. The van der Waals surface area contributed by atoms with Gasteiger partial charge in [-0.05, 0) is 82.4 Å². The van der Waals surface area contributed by atoms with Crippen molar-refractivity contribution in [3.63, 3.8) is 0 Å². The van der Waals surface area contributed by atoms with Crippen LogP contribution in [0.4, 0.5) is 0 Å². The maximum Gasteiger partial charge on any atom is 0.0963 e. The Morgan fingerprint density at radius 3 is 1.58 bits per heavy atom. The number of nitrogens with zero attached hydrogens (tertiary/aromatic N) is 3. The molecule has 0 spiro atoms. The average Bonchev–Trinajstić information content (AvgIpc) is 3.71. The van der Waals surface area contributed by atoms with Crippen LogP contribution >= 0.6 is 0 Å². The summed E-state index contributed by atoms with van der Waals surface area (Å²) in [5, 5.41) is 3.62. The smallest absolute Gasteiger partial charge is 0.0963 e. The van der Waals surface area contributed by atoms with E-state index in [-0.39, 0.29) is 0 Å². The van der Waals surface area contributed by atoms with Crippen LogP contribution in [0.25, 0.3) is 88.5 Å². The standard InChI is InChI=1S/C47H31N3/c1-3-11-32(12-4-1)34-20-25-37(26-21-34)49-44-29-24-36(31-42(44)46-45(49)19-10-30-48-46)39-16-9-17-41-40-15-7-8-18-43(40)50(47(39)41)38-27-22-35(23-28-38)33-13-5-2-6-14-33/h1-31H. The molecule has 0 aliphatic rings. The second kappa shape index (κ2) is 11.5. The van der Waals surface area contributed by atoms with Gasteiger partial charge in [0.25, 0.3) is 0 Å². The van der Waals surface area contributed by atoms with Crippen molar-refractivity contribution in [1.82, 2.24) is 14.1 Å². The summed E-state index contributed by atoms with van der Waals surface area (Å²) < 4.78 is 4.76. The summed E-state index contributed by atoms with van der Waals surface area (Å²) in [6.45, 7) is 0. The number of benzene rings is 7. The van der Waals surface area contributed by atoms with Gasteiger partial charge in [-0.15, -0.1) is 0 Å². The van der Waals surface area contributed by atoms with Crippen LogP contribution in [0, 0.1) is 0 Å². The Morgan fingerprint density at radius 2 is 0.880 bits per heavy atom. The Kier molecular flexibility index (Phi) is 6.49. The molecule has 0 bridgehead atoms. The topological polar surface area (TPSA) is 22.8 Å². The third-order valence-electron chi connectivity index (χ3n) is 9.99. The van der Waals surface area contributed by atoms with Gasteiger partial charge in [-0.3, -0.25) is 4.98 Å². The molecule has 10 rings (SSSR count). The number of hydrogen-bond acceptors (Lipinski definition) is 1. The molecule has 0 amide bonds. The van der Waals surface area contributed by atoms with Crippen LogP contribution in [0.2, 0.25) is 0 Å². The lowest BCUT2D eigenvalue weighted by molar-refractivity contribution is 1.17. The molecule has 0 unspecified atom stereocenters. The van der Waals surface area contributed by atoms with E-state index in [1.807, 2.05) is 12.3 Å². The number of pyridine rings is 1. The molecule has 3 heterocycles. The first-order chi connectivity index (χ1) is 24.8. The molecule has 0 radical (unpaired) electrons. The van der Waals surface area contributed by atoms with Gasteiger partial charge in [0.15, 0.2) is 0 Å². The van der Waals surface area contributed by atoms with E-state index < -0.39 is 0 Å². The molecular weight excluding hydrogens is 607 g/mol. The zero-order valence-corrected chi connectivity index (χ0v) is 27.2. The second-order valence-corrected chi connectivity index (χ2v) is 12.8. The Hall–Kier alpha value is -6.71. The van der Waals surface area contributed by atoms with Crippen molar-refractivity contribution in [3.8, 4) is 44.8 Å². The summed E-state index contributed by atoms with van der Waals surface area (Å²) >= 11 is 0. The molecule has 50 heavy (non-hydrogen) atoms. The quantitative estimate of drug-likeness (QED) is 0.184. The highest BCUT2D eigenvalue weighted by molar-refractivity contribution is 6.15. The number of para-hydroxylation sites is 2. The maximum absolute atomic E-state index is 4.92. The fourth-order valence-corrected chi connectivity index (χ4v) is 7.67. The SMILES string of the molecule is c1ccc(-c2ccc(-n3c4ccc(-c5cccc6c7ccccc7n(-c7ccc(-c8ccccc8)cc7)c56)cc4c4ncccc43)cc2)cc1. The van der Waals surface area contributed by atoms with E-state index in [4.69, 9.17) is 4.98 Å². The van der Waals surface area contributed by atoms with Crippen molar-refractivity contribution in [2.45, 2.75) is 0 Å². The second-order valence-electron chi connectivity index (χ2n) is 12.8. The van der Waals surface area contributed by atoms with Crippen molar-refractivity contribution in [2.75, 3.05) is 0 Å². The van der Waals surface area contributed by atoms with Gasteiger partial charge in [0.2, 0.25) is 0 Å². The Bertz CT molecular complexity index is 2830. The molecule has 0 aliphatic heterocycles. The van der Waals surface area contributed by atoms with Gasteiger partial charge >= 0.3 is 0 Å². The van der Waals surface area contributed by atoms with E-state index in [0.29, 0.717) is 0 Å². The van der Waals surface area contributed by atoms with E-state index in [0.717, 1.165) is 38.9 Å². The minimum Gasteiger partial charge on any atom is -0.309 e. The van der Waals surface area contributed by atoms with E-state index in [9.17, 15) is 0 Å². The van der Waals surface area contributed by atoms with E-state index in [1.165, 1.54) is 49.6 Å². The molecule has 0 atom stereocenters. The summed E-state index contributed by atoms with van der Waals surface area (Å²) in [4.78, 5) is 4.92. The molecule has 0 N–H and O–H groups in total. The molecule has 0 saturated heterocycles. The first-order valence-corrected chi connectivity index (χ1v) is 17.1. The number of fused-ring (bicyclic) bond motifs is 6. The van der Waals surface area contributed by atoms with E-state index in [2.05, 4.69) is 185 Å². The minimum atomic E-state index is 1.00. The molecule has 3 heteroatoms. The molecule has 0 fully saturated rings. The van der Waals surface area contributed by atoms with E-state index >= 15 is 0 Å². The number of aromatic nitrogens is 3. The summed E-state index contributed by atoms with van der Waals surface area (Å²) in [5.41, 5.74) is 15.1. The summed E-state index contributed by atoms with van der Waals surface area (Å²) in [7, 11) is 0. The van der Waals surface area contributed by atoms with Gasteiger partial charge in [0.05, 0.1) is 27.6 Å². The third kappa shape index (κ3) is 4.48. The van der Waals surface area contributed by atoms with Crippen LogP contribution in [0.5, 0.6) is 0 Å². The van der Waals surface area contributed by atoms with Crippen LogP contribution < -0.4 is 0 Å². The minimum absolute atomic E-state index is 1.00. The van der Waals surface area contributed by atoms with Gasteiger partial charge in [-0.2, -0.15) is 0 Å². The maximum atomic E-state index is 4.92. The highest BCUT2D eigenvalue weighted by atomic mass is 15.0. The molecule has 3 aromatic heterocycles. The average molecular weight is 638 g/mol. The monoisotopic (exact) mass is 637 g/mol. The zero-order valence-electron chi connectivity index (χ0n) is 27.2. The lowest BCUT2D eigenvalue weighted by Gasteiger charge is -2.13. The fraction of sp³-hybridized carbons (Fsp3) is 0. The predicted octanol–water partition coefficient (Wildman–Crippen LogP) is 12.3. The van der Waals surface area contributed by atoms with Gasteiger partial charge in [-0.25, -0.2) is 0 Å². The van der Waals surface area contributed by atoms with Crippen LogP contribution in [0.15, 0.2) is 188 Å². The van der Waals surface area contributed by atoms with Crippen LogP contribution in [0.1, 0.15) is 0 Å². The Balaban J connectivity index is 1.16. The molecule has 10 aromatic rings. The lowest BCUT2D eigenvalue weighted by atomic mass is 10.00. The van der Waals surface area contributed by atoms with Crippen molar-refractivity contribution in [2.24, 2.45) is 0 Å². The summed E-state index contributed by atoms with van der Waals surface area (Å²) in [5.74, 6) is 0. The zero-order chi connectivity index (χ0) is 33.0. The molecule has 234 valence electrons. The van der Waals surface area contributed by atoms with Crippen molar-refractivity contribution >= 4 is 43.7 Å². The normalized spacial score (nSPS) is 11.6. The Labute approximate surface area is 290 Å². The number of hydrogen-bond donors (Lipinski definition) is 0. The molecular formula is C47H31N3. The van der Waals surface area contributed by atoms with Gasteiger partial charge in [-0.1, -0.05) is 127 Å². The molecule has 0 saturated carbocycles. The van der Waals surface area contributed by atoms with Gasteiger partial charge < -0.3 is 9.13 Å². The predicted molar refractivity (Wildman–Crippen MR) is 209 cm³/mol. The van der Waals surface area contributed by atoms with E-state index in [1.54, 1.807) is 0 Å². The Morgan fingerprint density at radius 1 is 0.340 bits per heavy atom. The van der Waals surface area contributed by atoms with Crippen molar-refractivity contribution < 1.29 is 0 Å². The van der Waals surface area contributed by atoms with Gasteiger partial charge in [0.1, 0.15) is 0 Å². The summed E-state index contributed by atoms with van der Waals surface area (Å²) in [6, 6.07) is 65.4. The third-order valence-corrected chi connectivity index (χ3v) is 9.99. The first-order valence-electron chi connectivity index (χ1n) is 17.1. The molecule has 0 aliphatic carbocycles. The molecule has 7 aromatic carbocycles. The highest BCUT2D eigenvalue weighted by Crippen LogP contribution is 2.40. The van der Waals surface area contributed by atoms with Gasteiger partial charge in [0, 0.05) is 39.3 Å². The largest absolute Gasteiger partial charge is 0.309 e. The first kappa shape index (κ1) is 28.3. The molecule has 3 nitrogen and oxygen atoms in total. The van der Waals surface area contributed by atoms with Crippen LogP contribution in [0.3, 0.4) is 0 Å². The van der Waals surface area contributed by atoms with Crippen LogP contribution in [-0.4, -0.2) is 14.1 Å². The van der Waals surface area contributed by atoms with Crippen molar-refractivity contribution in [1.29, 1.82) is 0 Å².